The molecule has 0 unspecified atom stereocenters. The molecule has 1 aromatic rings. The van der Waals surface area contributed by atoms with Gasteiger partial charge < -0.3 is 15.4 Å². The first-order valence-corrected chi connectivity index (χ1v) is 6.46. The van der Waals surface area contributed by atoms with Gasteiger partial charge in [0.05, 0.1) is 19.1 Å². The molecule has 1 fully saturated rings. The molecule has 104 valence electrons. The van der Waals surface area contributed by atoms with Gasteiger partial charge in [-0.2, -0.15) is 0 Å². The zero-order chi connectivity index (χ0) is 13.8. The lowest BCUT2D eigenvalue weighted by atomic mass is 10.1. The molecule has 1 heterocycles. The average molecular weight is 266 g/mol. The van der Waals surface area contributed by atoms with Gasteiger partial charge in [0.25, 0.3) is 0 Å². The monoisotopic (exact) mass is 266 g/mol. The van der Waals surface area contributed by atoms with Crippen molar-refractivity contribution in [2.45, 2.75) is 25.5 Å². The summed E-state index contributed by atoms with van der Waals surface area (Å²) in [6.45, 7) is 3.35. The Morgan fingerprint density at radius 3 is 3.00 bits per heavy atom. The maximum atomic E-state index is 13.5. The van der Waals surface area contributed by atoms with Gasteiger partial charge in [-0.25, -0.2) is 4.39 Å². The first-order chi connectivity index (χ1) is 9.08. The Morgan fingerprint density at radius 1 is 1.58 bits per heavy atom. The number of morpholine rings is 1. The van der Waals surface area contributed by atoms with Crippen molar-refractivity contribution in [2.75, 3.05) is 19.7 Å². The van der Waals surface area contributed by atoms with Crippen LogP contribution in [0.5, 0.6) is 0 Å². The summed E-state index contributed by atoms with van der Waals surface area (Å²) < 4.78 is 19.0. The Labute approximate surface area is 112 Å². The van der Waals surface area contributed by atoms with Crippen LogP contribution in [-0.4, -0.2) is 42.6 Å². The van der Waals surface area contributed by atoms with Crippen molar-refractivity contribution in [3.8, 4) is 0 Å². The highest BCUT2D eigenvalue weighted by atomic mass is 19.1. The fourth-order valence-corrected chi connectivity index (χ4v) is 2.14. The molecule has 1 aliphatic rings. The van der Waals surface area contributed by atoms with Crippen molar-refractivity contribution in [3.63, 3.8) is 0 Å². The molecule has 0 spiro atoms. The Kier molecular flexibility index (Phi) is 4.50. The van der Waals surface area contributed by atoms with Gasteiger partial charge in [-0.15, -0.1) is 0 Å². The predicted octanol–water partition coefficient (Wildman–Crippen LogP) is 0.943. The maximum absolute atomic E-state index is 13.5. The van der Waals surface area contributed by atoms with E-state index in [4.69, 9.17) is 10.5 Å². The molecule has 1 aromatic carbocycles. The molecule has 1 amide bonds. The van der Waals surface area contributed by atoms with Crippen LogP contribution in [0.3, 0.4) is 0 Å². The fraction of sp³-hybridized carbons (Fsp3) is 0.500. The summed E-state index contributed by atoms with van der Waals surface area (Å²) in [6, 6.07) is 6.23. The van der Waals surface area contributed by atoms with Gasteiger partial charge in [0.15, 0.2) is 0 Å². The van der Waals surface area contributed by atoms with Crippen molar-refractivity contribution < 1.29 is 13.9 Å². The Bertz CT molecular complexity index is 451. The van der Waals surface area contributed by atoms with Gasteiger partial charge in [0.1, 0.15) is 5.82 Å². The number of amides is 1. The van der Waals surface area contributed by atoms with Crippen LogP contribution < -0.4 is 5.73 Å². The first-order valence-electron chi connectivity index (χ1n) is 6.46. The molecule has 0 aliphatic carbocycles. The molecule has 1 aliphatic heterocycles. The standard InChI is InChI=1S/C14H19FN2O2/c1-10(16)13-9-17(6-7-19-13)14(18)8-11-4-2-3-5-12(11)15/h2-5,10,13H,6-9,16H2,1H3/t10-,13+/m1/s1. The van der Waals surface area contributed by atoms with E-state index in [1.165, 1.54) is 6.07 Å². The molecule has 0 saturated carbocycles. The first kappa shape index (κ1) is 14.0. The van der Waals surface area contributed by atoms with Gasteiger partial charge in [0, 0.05) is 19.1 Å². The third-order valence-corrected chi connectivity index (χ3v) is 3.33. The second-order valence-corrected chi connectivity index (χ2v) is 4.88. The minimum Gasteiger partial charge on any atom is -0.373 e. The zero-order valence-electron chi connectivity index (χ0n) is 11.0. The second-order valence-electron chi connectivity index (χ2n) is 4.88. The summed E-state index contributed by atoms with van der Waals surface area (Å²) in [7, 11) is 0. The van der Waals surface area contributed by atoms with E-state index in [9.17, 15) is 9.18 Å². The Hall–Kier alpha value is -1.46. The Morgan fingerprint density at radius 2 is 2.32 bits per heavy atom. The van der Waals surface area contributed by atoms with E-state index in [1.54, 1.807) is 23.1 Å². The van der Waals surface area contributed by atoms with Crippen LogP contribution in [0.4, 0.5) is 4.39 Å². The molecule has 2 N–H and O–H groups in total. The summed E-state index contributed by atoms with van der Waals surface area (Å²) in [5.41, 5.74) is 6.21. The third kappa shape index (κ3) is 3.52. The smallest absolute Gasteiger partial charge is 0.227 e. The summed E-state index contributed by atoms with van der Waals surface area (Å²) >= 11 is 0. The van der Waals surface area contributed by atoms with Crippen molar-refractivity contribution >= 4 is 5.91 Å². The number of rotatable bonds is 3. The lowest BCUT2D eigenvalue weighted by molar-refractivity contribution is -0.138. The van der Waals surface area contributed by atoms with Crippen molar-refractivity contribution in [2.24, 2.45) is 5.73 Å². The van der Waals surface area contributed by atoms with Gasteiger partial charge in [0.2, 0.25) is 5.91 Å². The minimum absolute atomic E-state index is 0.0817. The van der Waals surface area contributed by atoms with Crippen LogP contribution >= 0.6 is 0 Å². The molecule has 1 saturated heterocycles. The SMILES string of the molecule is C[C@@H](N)[C@@H]1CN(C(=O)Cc2ccccc2F)CCO1. The molecule has 0 radical (unpaired) electrons. The fourth-order valence-electron chi connectivity index (χ4n) is 2.14. The highest BCUT2D eigenvalue weighted by Gasteiger charge is 2.26. The van der Waals surface area contributed by atoms with Gasteiger partial charge >= 0.3 is 0 Å². The van der Waals surface area contributed by atoms with E-state index in [1.807, 2.05) is 6.92 Å². The minimum atomic E-state index is -0.340. The van der Waals surface area contributed by atoms with Crippen LogP contribution in [0.2, 0.25) is 0 Å². The van der Waals surface area contributed by atoms with Crippen LogP contribution in [-0.2, 0) is 16.0 Å². The highest BCUT2D eigenvalue weighted by molar-refractivity contribution is 5.79. The molecule has 0 aromatic heterocycles. The second kappa shape index (κ2) is 6.12. The lowest BCUT2D eigenvalue weighted by Crippen LogP contribution is -2.51. The summed E-state index contributed by atoms with van der Waals surface area (Å²) in [4.78, 5) is 13.8. The maximum Gasteiger partial charge on any atom is 0.227 e. The number of carbonyl (C=O) groups is 1. The van der Waals surface area contributed by atoms with E-state index in [0.717, 1.165) is 0 Å². The molecule has 0 bridgehead atoms. The number of carbonyl (C=O) groups excluding carboxylic acids is 1. The lowest BCUT2D eigenvalue weighted by Gasteiger charge is -2.34. The number of halogens is 1. The van der Waals surface area contributed by atoms with Gasteiger partial charge in [-0.05, 0) is 18.6 Å². The molecule has 2 atom stereocenters. The van der Waals surface area contributed by atoms with Crippen molar-refractivity contribution in [1.82, 2.24) is 4.90 Å². The highest BCUT2D eigenvalue weighted by Crippen LogP contribution is 2.12. The van der Waals surface area contributed by atoms with Crippen LogP contribution in [0.15, 0.2) is 24.3 Å². The average Bonchev–Trinajstić information content (AvgIpc) is 2.41. The largest absolute Gasteiger partial charge is 0.373 e. The molecule has 19 heavy (non-hydrogen) atoms. The third-order valence-electron chi connectivity index (χ3n) is 3.33. The zero-order valence-corrected chi connectivity index (χ0v) is 11.0. The number of benzene rings is 1. The summed E-state index contributed by atoms with van der Waals surface area (Å²) in [6.07, 6.45) is -0.0588. The molecule has 2 rings (SSSR count). The summed E-state index contributed by atoms with van der Waals surface area (Å²) in [5, 5.41) is 0. The number of nitrogens with two attached hydrogens (primary N) is 1. The Balaban J connectivity index is 1.98. The number of hydrogen-bond acceptors (Lipinski definition) is 3. The van der Waals surface area contributed by atoms with Crippen LogP contribution in [0.25, 0.3) is 0 Å². The molecule has 4 nitrogen and oxygen atoms in total. The molecular formula is C14H19FN2O2. The van der Waals surface area contributed by atoms with E-state index >= 15 is 0 Å². The van der Waals surface area contributed by atoms with E-state index in [2.05, 4.69) is 0 Å². The van der Waals surface area contributed by atoms with Crippen molar-refractivity contribution in [3.05, 3.63) is 35.6 Å². The van der Waals surface area contributed by atoms with Gasteiger partial charge in [-0.3, -0.25) is 4.79 Å². The molecule has 5 heteroatoms. The number of nitrogens with zero attached hydrogens (tertiary/aromatic N) is 1. The van der Waals surface area contributed by atoms with Crippen LogP contribution in [0, 0.1) is 5.82 Å². The van der Waals surface area contributed by atoms with Gasteiger partial charge in [-0.1, -0.05) is 18.2 Å². The quantitative estimate of drug-likeness (QED) is 0.886. The van der Waals surface area contributed by atoms with Crippen LogP contribution in [0.1, 0.15) is 12.5 Å². The normalized spacial score (nSPS) is 21.2. The van der Waals surface area contributed by atoms with E-state index < -0.39 is 0 Å². The van der Waals surface area contributed by atoms with E-state index in [-0.39, 0.29) is 30.3 Å². The topological polar surface area (TPSA) is 55.6 Å². The number of hydrogen-bond donors (Lipinski definition) is 1. The van der Waals surface area contributed by atoms with E-state index in [0.29, 0.717) is 25.3 Å². The van der Waals surface area contributed by atoms with Crippen molar-refractivity contribution in [1.29, 1.82) is 0 Å². The number of ether oxygens (including phenoxy) is 1. The summed E-state index contributed by atoms with van der Waals surface area (Å²) in [5.74, 6) is -0.424. The predicted molar refractivity (Wildman–Crippen MR) is 70.1 cm³/mol. The molecular weight excluding hydrogens is 247 g/mol.